The summed E-state index contributed by atoms with van der Waals surface area (Å²) in [6.07, 6.45) is 14.2. The van der Waals surface area contributed by atoms with Crippen molar-refractivity contribution in [2.45, 2.75) is 113 Å². The number of ketones is 1. The maximum absolute atomic E-state index is 12.9. The van der Waals surface area contributed by atoms with Gasteiger partial charge in [-0.1, -0.05) is 67.0 Å². The molecule has 0 aromatic rings. The molecule has 174 valence electrons. The van der Waals surface area contributed by atoms with Crippen LogP contribution in [0.3, 0.4) is 0 Å². The molecule has 0 N–H and O–H groups in total. The Labute approximate surface area is 192 Å². The number of carbonyl (C=O) groups excluding carboxylic acids is 1. The summed E-state index contributed by atoms with van der Waals surface area (Å²) in [5, 5.41) is 0. The van der Waals surface area contributed by atoms with Crippen molar-refractivity contribution in [3.63, 3.8) is 0 Å². The van der Waals surface area contributed by atoms with Crippen LogP contribution in [0.15, 0.2) is 11.6 Å². The number of rotatable bonds is 1. The molecule has 4 fully saturated rings. The van der Waals surface area contributed by atoms with Crippen molar-refractivity contribution in [3.8, 4) is 0 Å². The highest BCUT2D eigenvalue weighted by Gasteiger charge is 2.69. The van der Waals surface area contributed by atoms with Crippen LogP contribution in [-0.4, -0.2) is 5.78 Å². The van der Waals surface area contributed by atoms with Crippen LogP contribution in [0.2, 0.25) is 0 Å². The number of hydrogen-bond acceptors (Lipinski definition) is 1. The van der Waals surface area contributed by atoms with E-state index >= 15 is 0 Å². The van der Waals surface area contributed by atoms with Gasteiger partial charge < -0.3 is 0 Å². The first kappa shape index (κ1) is 22.2. The monoisotopic (exact) mass is 424 g/mol. The van der Waals surface area contributed by atoms with Gasteiger partial charge in [-0.2, -0.15) is 0 Å². The third-order valence-corrected chi connectivity index (χ3v) is 13.1. The van der Waals surface area contributed by atoms with Gasteiger partial charge in [0.1, 0.15) is 5.78 Å². The summed E-state index contributed by atoms with van der Waals surface area (Å²) >= 11 is 0. The summed E-state index contributed by atoms with van der Waals surface area (Å²) in [5.74, 6) is 4.26. The predicted molar refractivity (Wildman–Crippen MR) is 130 cm³/mol. The van der Waals surface area contributed by atoms with Crippen molar-refractivity contribution < 1.29 is 4.79 Å². The first-order chi connectivity index (χ1) is 14.3. The fourth-order valence-electron chi connectivity index (χ4n) is 11.0. The Morgan fingerprint density at radius 2 is 1.65 bits per heavy atom. The quantitative estimate of drug-likeness (QED) is 0.387. The van der Waals surface area contributed by atoms with Gasteiger partial charge >= 0.3 is 0 Å². The van der Waals surface area contributed by atoms with Crippen LogP contribution < -0.4 is 0 Å². The van der Waals surface area contributed by atoms with Gasteiger partial charge in [-0.3, -0.25) is 4.79 Å². The highest BCUT2D eigenvalue weighted by Crippen LogP contribution is 2.77. The van der Waals surface area contributed by atoms with E-state index in [0.29, 0.717) is 39.3 Å². The van der Waals surface area contributed by atoms with E-state index in [1.54, 1.807) is 0 Å². The average Bonchev–Trinajstić information content (AvgIpc) is 3.05. The molecule has 1 nitrogen and oxygen atoms in total. The first-order valence-electron chi connectivity index (χ1n) is 13.6. The van der Waals surface area contributed by atoms with Crippen molar-refractivity contribution >= 4 is 5.78 Å². The summed E-state index contributed by atoms with van der Waals surface area (Å²) in [6.45, 7) is 20.1. The van der Waals surface area contributed by atoms with Crippen LogP contribution in [-0.2, 0) is 4.79 Å². The fraction of sp³-hybridized carbons (Fsp3) is 0.900. The maximum Gasteiger partial charge on any atom is 0.138 e. The Bertz CT molecular complexity index is 818. The lowest BCUT2D eigenvalue weighted by Gasteiger charge is -2.69. The zero-order valence-corrected chi connectivity index (χ0v) is 21.7. The van der Waals surface area contributed by atoms with Crippen LogP contribution in [0.1, 0.15) is 113 Å². The molecule has 1 heteroatoms. The Balaban J connectivity index is 1.59. The Morgan fingerprint density at radius 3 is 2.32 bits per heavy atom. The molecule has 0 amide bonds. The summed E-state index contributed by atoms with van der Waals surface area (Å²) in [7, 11) is 0. The van der Waals surface area contributed by atoms with E-state index in [4.69, 9.17) is 0 Å². The number of Topliss-reactive ketones (excluding diaryl/α,β-unsaturated/α-hetero) is 1. The minimum Gasteiger partial charge on any atom is -0.299 e. The highest BCUT2D eigenvalue weighted by molar-refractivity contribution is 5.85. The van der Waals surface area contributed by atoms with Crippen molar-refractivity contribution in [2.24, 2.45) is 56.7 Å². The molecule has 0 heterocycles. The summed E-state index contributed by atoms with van der Waals surface area (Å²) in [5.41, 5.74) is 3.33. The number of fused-ring (bicyclic) bond motifs is 7. The van der Waals surface area contributed by atoms with Crippen molar-refractivity contribution in [3.05, 3.63) is 11.6 Å². The van der Waals surface area contributed by atoms with Gasteiger partial charge in [0.25, 0.3) is 0 Å². The molecule has 0 unspecified atom stereocenters. The molecule has 0 saturated heterocycles. The van der Waals surface area contributed by atoms with Crippen LogP contribution in [0.4, 0.5) is 0 Å². The lowest BCUT2D eigenvalue weighted by molar-refractivity contribution is -0.163. The molecule has 5 rings (SSSR count). The van der Waals surface area contributed by atoms with Crippen LogP contribution in [0.25, 0.3) is 0 Å². The summed E-state index contributed by atoms with van der Waals surface area (Å²) in [4.78, 5) is 12.9. The van der Waals surface area contributed by atoms with Crippen LogP contribution >= 0.6 is 0 Å². The molecule has 0 aliphatic heterocycles. The maximum atomic E-state index is 12.9. The van der Waals surface area contributed by atoms with E-state index < -0.39 is 0 Å². The molecule has 4 saturated carbocycles. The molecule has 31 heavy (non-hydrogen) atoms. The minimum absolute atomic E-state index is 0.157. The number of carbonyl (C=O) groups is 1. The van der Waals surface area contributed by atoms with E-state index in [9.17, 15) is 4.79 Å². The predicted octanol–water partition coefficient (Wildman–Crippen LogP) is 8.23. The summed E-state index contributed by atoms with van der Waals surface area (Å²) in [6, 6.07) is 0. The van der Waals surface area contributed by atoms with E-state index in [2.05, 4.69) is 61.5 Å². The topological polar surface area (TPSA) is 17.1 Å². The van der Waals surface area contributed by atoms with Gasteiger partial charge in [-0.15, -0.1) is 0 Å². The second-order valence-corrected chi connectivity index (χ2v) is 14.3. The van der Waals surface area contributed by atoms with Crippen molar-refractivity contribution in [1.82, 2.24) is 0 Å². The first-order valence-corrected chi connectivity index (χ1v) is 13.6. The van der Waals surface area contributed by atoms with Crippen LogP contribution in [0, 0.1) is 56.7 Å². The smallest absolute Gasteiger partial charge is 0.138 e. The number of hydrogen-bond donors (Lipinski definition) is 0. The Hall–Kier alpha value is -0.590. The Kier molecular flexibility index (Phi) is 4.66. The lowest BCUT2D eigenvalue weighted by Crippen LogP contribution is -2.62. The molecule has 5 aliphatic rings. The molecule has 0 aromatic heterocycles. The SMILES string of the molecule is CC(C)[C@]12CC[C@H](C)[C@H]1[C@]1(C)CC[C@H]3C(=CC[C@H]4C(C)(C)C(=O)CC[C@]34C)[C@@]1(C)CC2. The fourth-order valence-corrected chi connectivity index (χ4v) is 11.0. The van der Waals surface area contributed by atoms with Crippen molar-refractivity contribution in [1.29, 1.82) is 0 Å². The van der Waals surface area contributed by atoms with E-state index in [1.165, 1.54) is 38.5 Å². The molecular formula is C30H48O. The normalized spacial score (nSPS) is 53.3. The lowest BCUT2D eigenvalue weighted by atomic mass is 9.35. The average molecular weight is 425 g/mol. The highest BCUT2D eigenvalue weighted by atomic mass is 16.1. The van der Waals surface area contributed by atoms with E-state index in [1.807, 2.05) is 5.57 Å². The molecule has 0 spiro atoms. The molecule has 5 aliphatic carbocycles. The largest absolute Gasteiger partial charge is 0.299 e. The standard InChI is InChI=1S/C30H48O/c1-19(2)30-16-11-20(3)25(30)29(8)15-12-21-22(28(29,7)17-18-30)9-10-23-26(4,5)24(31)13-14-27(21,23)6/h9,19-21,23,25H,10-18H2,1-8H3/t20-,21-,23-,25-,27+,28+,29-,30+/m0/s1. The van der Waals surface area contributed by atoms with E-state index in [-0.39, 0.29) is 5.41 Å². The second kappa shape index (κ2) is 6.50. The zero-order valence-electron chi connectivity index (χ0n) is 21.7. The van der Waals surface area contributed by atoms with Gasteiger partial charge in [0.2, 0.25) is 0 Å². The molecule has 0 radical (unpaired) electrons. The minimum atomic E-state index is -0.157. The van der Waals surface area contributed by atoms with Gasteiger partial charge in [0.05, 0.1) is 0 Å². The third-order valence-electron chi connectivity index (χ3n) is 13.1. The van der Waals surface area contributed by atoms with Gasteiger partial charge in [0.15, 0.2) is 0 Å². The molecular weight excluding hydrogens is 376 g/mol. The van der Waals surface area contributed by atoms with Crippen LogP contribution in [0.5, 0.6) is 0 Å². The van der Waals surface area contributed by atoms with Crippen molar-refractivity contribution in [2.75, 3.05) is 0 Å². The van der Waals surface area contributed by atoms with Gasteiger partial charge in [-0.25, -0.2) is 0 Å². The Morgan fingerprint density at radius 1 is 0.935 bits per heavy atom. The second-order valence-electron chi connectivity index (χ2n) is 14.3. The van der Waals surface area contributed by atoms with E-state index in [0.717, 1.165) is 37.0 Å². The molecule has 0 bridgehead atoms. The number of allylic oxidation sites excluding steroid dienone is 2. The zero-order chi connectivity index (χ0) is 22.6. The van der Waals surface area contributed by atoms with Gasteiger partial charge in [0, 0.05) is 11.8 Å². The molecule has 8 atom stereocenters. The molecule has 0 aromatic carbocycles. The third kappa shape index (κ3) is 2.48. The summed E-state index contributed by atoms with van der Waals surface area (Å²) < 4.78 is 0. The van der Waals surface area contributed by atoms with Gasteiger partial charge in [-0.05, 0) is 103 Å².